The molecule has 0 aromatic carbocycles. The van der Waals surface area contributed by atoms with Crippen LogP contribution in [0.25, 0.3) is 11.0 Å². The molecular formula is C16H19ClN6O9P2S. The average molecular weight is 569 g/mol. The molecule has 6 N–H and O–H groups in total. The smallest absolute Gasteiger partial charge is 0.340 e. The van der Waals surface area contributed by atoms with Crippen LogP contribution in [0.1, 0.15) is 11.8 Å². The Labute approximate surface area is 205 Å². The van der Waals surface area contributed by atoms with Gasteiger partial charge in [0.25, 0.3) is 0 Å². The summed E-state index contributed by atoms with van der Waals surface area (Å²) < 4.78 is 34.3. The van der Waals surface area contributed by atoms with Crippen molar-refractivity contribution >= 4 is 61.2 Å². The molecule has 0 radical (unpaired) electrons. The monoisotopic (exact) mass is 568 g/mol. The third kappa shape index (κ3) is 6.31. The average Bonchev–Trinajstić information content (AvgIpc) is 3.46. The number of aliphatic hydroxyl groups is 2. The normalized spacial score (nSPS) is 24.9. The van der Waals surface area contributed by atoms with E-state index in [1.807, 2.05) is 16.8 Å². The van der Waals surface area contributed by atoms with Crippen molar-refractivity contribution in [1.29, 1.82) is 0 Å². The summed E-state index contributed by atoms with van der Waals surface area (Å²) in [6.07, 6.45) is -2.84. The Morgan fingerprint density at radius 3 is 2.74 bits per heavy atom. The Morgan fingerprint density at radius 1 is 1.29 bits per heavy atom. The Kier molecular flexibility index (Phi) is 7.71. The largest absolute Gasteiger partial charge is 0.387 e. The van der Waals surface area contributed by atoms with Crippen molar-refractivity contribution in [3.8, 4) is 0 Å². The van der Waals surface area contributed by atoms with Crippen LogP contribution >= 0.6 is 38.1 Å². The van der Waals surface area contributed by atoms with Crippen LogP contribution in [-0.4, -0.2) is 81.7 Å². The van der Waals surface area contributed by atoms with Gasteiger partial charge < -0.3 is 34.2 Å². The van der Waals surface area contributed by atoms with E-state index in [0.29, 0.717) is 5.39 Å². The van der Waals surface area contributed by atoms with E-state index in [4.69, 9.17) is 30.6 Å². The van der Waals surface area contributed by atoms with Gasteiger partial charge in [-0.2, -0.15) is 31.5 Å². The number of thiophene rings is 1. The highest BCUT2D eigenvalue weighted by Crippen LogP contribution is 2.55. The maximum atomic E-state index is 11.9. The molecule has 15 nitrogen and oxygen atoms in total. The van der Waals surface area contributed by atoms with Crippen LogP contribution in [0, 0.1) is 0 Å². The number of anilines is 1. The summed E-state index contributed by atoms with van der Waals surface area (Å²) in [6.45, 7) is -0.735. The molecule has 19 heteroatoms. The van der Waals surface area contributed by atoms with Crippen LogP contribution in [0.15, 0.2) is 28.1 Å². The highest BCUT2D eigenvalue weighted by Gasteiger charge is 2.46. The fourth-order valence-electron chi connectivity index (χ4n) is 3.22. The quantitative estimate of drug-likeness (QED) is 0.0916. The number of ether oxygens (including phenoxy) is 1. The van der Waals surface area contributed by atoms with E-state index >= 15 is 0 Å². The van der Waals surface area contributed by atoms with Crippen LogP contribution in [0.2, 0.25) is 5.28 Å². The van der Waals surface area contributed by atoms with Crippen LogP contribution in [-0.2, 0) is 18.4 Å². The lowest BCUT2D eigenvalue weighted by atomic mass is 10.1. The Hall–Kier alpha value is -1.81. The second-order valence-electron chi connectivity index (χ2n) is 7.38. The summed E-state index contributed by atoms with van der Waals surface area (Å²) in [7, 11) is -9.53. The van der Waals surface area contributed by atoms with Gasteiger partial charge in [0.1, 0.15) is 18.3 Å². The van der Waals surface area contributed by atoms with E-state index in [2.05, 4.69) is 25.6 Å². The molecule has 1 saturated heterocycles. The number of hydrogen-bond donors (Lipinski definition) is 6. The van der Waals surface area contributed by atoms with Gasteiger partial charge in [0, 0.05) is 5.56 Å². The van der Waals surface area contributed by atoms with Gasteiger partial charge in [-0.15, -0.1) is 0 Å². The molecule has 0 saturated carbocycles. The van der Waals surface area contributed by atoms with Crippen molar-refractivity contribution in [2.24, 2.45) is 5.10 Å². The van der Waals surface area contributed by atoms with Crippen molar-refractivity contribution in [2.75, 3.05) is 17.9 Å². The Bertz CT molecular complexity index is 1320. The SMILES string of the molecule is O=P(O)(O)CP(=O)(O)OC[C@H]1O[C@@H](n2ncc3c(N/N=C/c4ccsc4)nc(Cl)nc32)[C@H](O)[C@@H]1O. The number of fused-ring (bicyclic) bond motifs is 1. The zero-order valence-electron chi connectivity index (χ0n) is 17.4. The van der Waals surface area contributed by atoms with E-state index in [1.165, 1.54) is 17.5 Å². The van der Waals surface area contributed by atoms with Crippen LogP contribution in [0.5, 0.6) is 0 Å². The summed E-state index contributed by atoms with van der Waals surface area (Å²) >= 11 is 7.54. The first-order valence-electron chi connectivity index (χ1n) is 9.68. The molecule has 0 bridgehead atoms. The first-order valence-corrected chi connectivity index (χ1v) is 14.6. The van der Waals surface area contributed by atoms with Crippen molar-refractivity contribution < 1.29 is 43.3 Å². The lowest BCUT2D eigenvalue weighted by Crippen LogP contribution is -2.33. The molecule has 1 aliphatic heterocycles. The fraction of sp³-hybridized carbons (Fsp3) is 0.375. The summed E-state index contributed by atoms with van der Waals surface area (Å²) in [5, 5.41) is 33.0. The summed E-state index contributed by atoms with van der Waals surface area (Å²) in [6, 6.07) is 1.86. The molecule has 1 unspecified atom stereocenters. The number of hydrazone groups is 1. The van der Waals surface area contributed by atoms with E-state index in [0.717, 1.165) is 10.2 Å². The van der Waals surface area contributed by atoms with Gasteiger partial charge in [-0.1, -0.05) is 0 Å². The van der Waals surface area contributed by atoms with Gasteiger partial charge in [-0.3, -0.25) is 14.6 Å². The molecule has 35 heavy (non-hydrogen) atoms. The Balaban J connectivity index is 1.52. The first kappa shape index (κ1) is 26.3. The lowest BCUT2D eigenvalue weighted by Gasteiger charge is -2.18. The summed E-state index contributed by atoms with van der Waals surface area (Å²) in [5.74, 6) is -1.19. The highest BCUT2D eigenvalue weighted by molar-refractivity contribution is 7.70. The maximum absolute atomic E-state index is 11.9. The molecule has 1 fully saturated rings. The molecule has 0 spiro atoms. The second-order valence-corrected chi connectivity index (χ2v) is 12.5. The van der Waals surface area contributed by atoms with Crippen LogP contribution < -0.4 is 5.43 Å². The van der Waals surface area contributed by atoms with Crippen molar-refractivity contribution in [3.63, 3.8) is 0 Å². The van der Waals surface area contributed by atoms with Crippen LogP contribution in [0.3, 0.4) is 0 Å². The van der Waals surface area contributed by atoms with Gasteiger partial charge in [-0.25, -0.2) is 4.68 Å². The number of nitrogens with one attached hydrogen (secondary N) is 1. The number of nitrogens with zero attached hydrogens (tertiary/aromatic N) is 5. The molecule has 5 atom stereocenters. The van der Waals surface area contributed by atoms with Crippen molar-refractivity contribution in [2.45, 2.75) is 24.5 Å². The first-order chi connectivity index (χ1) is 16.4. The molecule has 190 valence electrons. The molecule has 4 heterocycles. The van der Waals surface area contributed by atoms with E-state index < -0.39 is 52.2 Å². The van der Waals surface area contributed by atoms with E-state index in [9.17, 15) is 24.2 Å². The maximum Gasteiger partial charge on any atom is 0.340 e. The number of aliphatic hydroxyl groups excluding tert-OH is 2. The van der Waals surface area contributed by atoms with Crippen molar-refractivity contribution in [3.05, 3.63) is 33.9 Å². The van der Waals surface area contributed by atoms with Gasteiger partial charge >= 0.3 is 15.2 Å². The van der Waals surface area contributed by atoms with Crippen LogP contribution in [0.4, 0.5) is 5.82 Å². The molecule has 1 aliphatic rings. The minimum Gasteiger partial charge on any atom is -0.387 e. The van der Waals surface area contributed by atoms with Gasteiger partial charge in [0.2, 0.25) is 5.28 Å². The Morgan fingerprint density at radius 2 is 2.06 bits per heavy atom. The summed E-state index contributed by atoms with van der Waals surface area (Å²) in [4.78, 5) is 35.6. The second kappa shape index (κ2) is 10.3. The summed E-state index contributed by atoms with van der Waals surface area (Å²) in [5.41, 5.74) is 3.74. The third-order valence-electron chi connectivity index (χ3n) is 4.74. The zero-order valence-corrected chi connectivity index (χ0v) is 20.8. The standard InChI is InChI=1S/C16H19ClN6O9P2S/c17-16-20-13(22-18-3-8-1-2-35-6-8)9-4-19-23(14(9)21-16)15-12(25)11(24)10(32-15)5-31-34(29,30)7-33(26,27)28/h1-4,6,10-12,15,24-25H,5,7H2,(H,29,30)(H,20,21,22)(H2,26,27,28)/b18-3+/t10-,11-,12-,15-/m1/s1. The van der Waals surface area contributed by atoms with E-state index in [-0.39, 0.29) is 16.7 Å². The lowest BCUT2D eigenvalue weighted by molar-refractivity contribution is -0.0541. The molecule has 0 amide bonds. The molecule has 3 aromatic rings. The zero-order chi connectivity index (χ0) is 25.4. The highest BCUT2D eigenvalue weighted by atomic mass is 35.5. The third-order valence-corrected chi connectivity index (χ3v) is 9.06. The molecule has 3 aromatic heterocycles. The minimum absolute atomic E-state index is 0.130. The molecule has 4 rings (SSSR count). The number of hydrogen-bond acceptors (Lipinski definition) is 12. The van der Waals surface area contributed by atoms with Crippen molar-refractivity contribution in [1.82, 2.24) is 19.7 Å². The predicted molar refractivity (Wildman–Crippen MR) is 124 cm³/mol. The molecule has 0 aliphatic carbocycles. The fourth-order valence-corrected chi connectivity index (χ4v) is 6.56. The number of aromatic nitrogens is 4. The number of rotatable bonds is 9. The minimum atomic E-state index is -4.83. The number of halogens is 1. The molecular weight excluding hydrogens is 550 g/mol. The van der Waals surface area contributed by atoms with Gasteiger partial charge in [0.15, 0.2) is 23.6 Å². The van der Waals surface area contributed by atoms with Gasteiger partial charge in [-0.05, 0) is 28.4 Å². The predicted octanol–water partition coefficient (Wildman–Crippen LogP) is 0.944. The topological polar surface area (TPSA) is 222 Å². The van der Waals surface area contributed by atoms with Gasteiger partial charge in [0.05, 0.1) is 24.4 Å². The van der Waals surface area contributed by atoms with E-state index in [1.54, 1.807) is 6.21 Å².